The SMILES string of the molecule is CCOC(=O)c1c(C)noc1NC(=O)c1ccc(C(C)(C)C)cc1. The van der Waals surface area contributed by atoms with Crippen LogP contribution >= 0.6 is 0 Å². The lowest BCUT2D eigenvalue weighted by atomic mass is 9.87. The molecule has 0 saturated heterocycles. The summed E-state index contributed by atoms with van der Waals surface area (Å²) in [6.07, 6.45) is 0. The third-order valence-electron chi connectivity index (χ3n) is 3.58. The minimum Gasteiger partial charge on any atom is -0.462 e. The molecule has 128 valence electrons. The van der Waals surface area contributed by atoms with Gasteiger partial charge >= 0.3 is 5.97 Å². The van der Waals surface area contributed by atoms with Gasteiger partial charge in [-0.05, 0) is 37.0 Å². The van der Waals surface area contributed by atoms with Crippen LogP contribution in [0.1, 0.15) is 59.7 Å². The predicted octanol–water partition coefficient (Wildman–Crippen LogP) is 3.71. The van der Waals surface area contributed by atoms with Crippen molar-refractivity contribution in [3.63, 3.8) is 0 Å². The van der Waals surface area contributed by atoms with Crippen molar-refractivity contribution in [1.82, 2.24) is 5.16 Å². The molecular weight excluding hydrogens is 308 g/mol. The Bertz CT molecular complexity index is 739. The molecule has 0 aliphatic carbocycles. The Balaban J connectivity index is 2.20. The smallest absolute Gasteiger partial charge is 0.345 e. The maximum atomic E-state index is 12.4. The van der Waals surface area contributed by atoms with E-state index in [1.165, 1.54) is 0 Å². The number of aryl methyl sites for hydroxylation is 1. The Hall–Kier alpha value is -2.63. The van der Waals surface area contributed by atoms with E-state index in [4.69, 9.17) is 9.26 Å². The molecule has 1 aromatic heterocycles. The van der Waals surface area contributed by atoms with Crippen LogP contribution in [0.2, 0.25) is 0 Å². The lowest BCUT2D eigenvalue weighted by molar-refractivity contribution is 0.0526. The van der Waals surface area contributed by atoms with E-state index in [9.17, 15) is 9.59 Å². The predicted molar refractivity (Wildman–Crippen MR) is 90.3 cm³/mol. The van der Waals surface area contributed by atoms with Gasteiger partial charge in [-0.1, -0.05) is 38.1 Å². The van der Waals surface area contributed by atoms with Crippen molar-refractivity contribution in [1.29, 1.82) is 0 Å². The standard InChI is InChI=1S/C18H22N2O4/c1-6-23-17(22)14-11(2)20-24-16(14)19-15(21)12-7-9-13(10-8-12)18(3,4)5/h7-10H,6H2,1-5H3,(H,19,21). The van der Waals surface area contributed by atoms with Crippen LogP contribution in [-0.2, 0) is 10.2 Å². The summed E-state index contributed by atoms with van der Waals surface area (Å²) in [6, 6.07) is 7.30. The summed E-state index contributed by atoms with van der Waals surface area (Å²) >= 11 is 0. The Morgan fingerprint density at radius 2 is 1.83 bits per heavy atom. The largest absolute Gasteiger partial charge is 0.462 e. The fourth-order valence-corrected chi connectivity index (χ4v) is 2.20. The zero-order valence-electron chi connectivity index (χ0n) is 14.6. The molecule has 0 saturated carbocycles. The van der Waals surface area contributed by atoms with Crippen LogP contribution in [0.5, 0.6) is 0 Å². The van der Waals surface area contributed by atoms with Crippen LogP contribution in [0.15, 0.2) is 28.8 Å². The van der Waals surface area contributed by atoms with E-state index in [2.05, 4.69) is 31.2 Å². The molecule has 0 aliphatic heterocycles. The van der Waals surface area contributed by atoms with Gasteiger partial charge in [0, 0.05) is 5.56 Å². The topological polar surface area (TPSA) is 81.4 Å². The first-order chi connectivity index (χ1) is 11.2. The van der Waals surface area contributed by atoms with Crippen LogP contribution in [0.25, 0.3) is 0 Å². The fourth-order valence-electron chi connectivity index (χ4n) is 2.20. The molecule has 2 rings (SSSR count). The van der Waals surface area contributed by atoms with Gasteiger partial charge in [-0.25, -0.2) is 4.79 Å². The van der Waals surface area contributed by atoms with Crippen LogP contribution < -0.4 is 5.32 Å². The molecule has 6 nitrogen and oxygen atoms in total. The summed E-state index contributed by atoms with van der Waals surface area (Å²) in [5.74, 6) is -0.956. The Kier molecular flexibility index (Phi) is 5.07. The highest BCUT2D eigenvalue weighted by atomic mass is 16.5. The summed E-state index contributed by atoms with van der Waals surface area (Å²) in [4.78, 5) is 24.3. The lowest BCUT2D eigenvalue weighted by Gasteiger charge is -2.18. The molecule has 1 aromatic carbocycles. The number of rotatable bonds is 4. The molecule has 0 radical (unpaired) electrons. The van der Waals surface area contributed by atoms with E-state index in [-0.39, 0.29) is 29.4 Å². The summed E-state index contributed by atoms with van der Waals surface area (Å²) in [7, 11) is 0. The number of nitrogens with zero attached hydrogens (tertiary/aromatic N) is 1. The van der Waals surface area contributed by atoms with Crippen LogP contribution in [0, 0.1) is 6.92 Å². The van der Waals surface area contributed by atoms with Crippen molar-refractivity contribution >= 4 is 17.8 Å². The summed E-state index contributed by atoms with van der Waals surface area (Å²) in [5, 5.41) is 6.30. The maximum Gasteiger partial charge on any atom is 0.345 e. The Morgan fingerprint density at radius 1 is 1.21 bits per heavy atom. The molecule has 0 spiro atoms. The minimum absolute atomic E-state index is 0.00384. The fraction of sp³-hybridized carbons (Fsp3) is 0.389. The number of hydrogen-bond donors (Lipinski definition) is 1. The van der Waals surface area contributed by atoms with Gasteiger partial charge in [0.15, 0.2) is 0 Å². The molecule has 1 amide bonds. The van der Waals surface area contributed by atoms with Crippen LogP contribution in [0.4, 0.5) is 5.88 Å². The molecule has 0 fully saturated rings. The number of amides is 1. The summed E-state index contributed by atoms with van der Waals surface area (Å²) in [5.41, 5.74) is 2.10. The van der Waals surface area contributed by atoms with Gasteiger partial charge in [-0.15, -0.1) is 0 Å². The van der Waals surface area contributed by atoms with Gasteiger partial charge < -0.3 is 9.26 Å². The Morgan fingerprint density at radius 3 is 2.38 bits per heavy atom. The Labute approximate surface area is 141 Å². The van der Waals surface area contributed by atoms with Crippen molar-refractivity contribution in [3.05, 3.63) is 46.6 Å². The van der Waals surface area contributed by atoms with E-state index in [0.29, 0.717) is 11.3 Å². The quantitative estimate of drug-likeness (QED) is 0.864. The van der Waals surface area contributed by atoms with Crippen molar-refractivity contribution in [2.24, 2.45) is 0 Å². The number of hydrogen-bond acceptors (Lipinski definition) is 5. The van der Waals surface area contributed by atoms with E-state index in [0.717, 1.165) is 5.56 Å². The van der Waals surface area contributed by atoms with Gasteiger partial charge in [0.25, 0.3) is 5.91 Å². The summed E-state index contributed by atoms with van der Waals surface area (Å²) in [6.45, 7) is 9.85. The van der Waals surface area contributed by atoms with E-state index >= 15 is 0 Å². The molecule has 1 N–H and O–H groups in total. The zero-order chi connectivity index (χ0) is 17.9. The van der Waals surface area contributed by atoms with Gasteiger partial charge in [-0.2, -0.15) is 0 Å². The first-order valence-electron chi connectivity index (χ1n) is 7.79. The molecule has 2 aromatic rings. The summed E-state index contributed by atoms with van der Waals surface area (Å²) < 4.78 is 10.0. The van der Waals surface area contributed by atoms with Gasteiger partial charge in [-0.3, -0.25) is 10.1 Å². The molecule has 6 heteroatoms. The number of esters is 1. The highest BCUT2D eigenvalue weighted by Crippen LogP contribution is 2.24. The number of aromatic nitrogens is 1. The number of ether oxygens (including phenoxy) is 1. The van der Waals surface area contributed by atoms with Gasteiger partial charge in [0.1, 0.15) is 5.56 Å². The monoisotopic (exact) mass is 330 g/mol. The molecule has 24 heavy (non-hydrogen) atoms. The average Bonchev–Trinajstić information content (AvgIpc) is 2.87. The molecule has 1 heterocycles. The zero-order valence-corrected chi connectivity index (χ0v) is 14.6. The van der Waals surface area contributed by atoms with Crippen molar-refractivity contribution in [2.75, 3.05) is 11.9 Å². The maximum absolute atomic E-state index is 12.4. The molecular formula is C18H22N2O4. The lowest BCUT2D eigenvalue weighted by Crippen LogP contribution is -2.16. The normalized spacial score (nSPS) is 11.2. The van der Waals surface area contributed by atoms with Crippen LogP contribution in [0.3, 0.4) is 0 Å². The first-order valence-corrected chi connectivity index (χ1v) is 7.79. The molecule has 0 bridgehead atoms. The van der Waals surface area contributed by atoms with Gasteiger partial charge in [0.05, 0.1) is 12.3 Å². The molecule has 0 aliphatic rings. The highest BCUT2D eigenvalue weighted by Gasteiger charge is 2.24. The third-order valence-corrected chi connectivity index (χ3v) is 3.58. The van der Waals surface area contributed by atoms with Crippen LogP contribution in [-0.4, -0.2) is 23.6 Å². The minimum atomic E-state index is -0.574. The highest BCUT2D eigenvalue weighted by molar-refractivity contribution is 6.07. The molecule has 0 atom stereocenters. The third kappa shape index (κ3) is 3.82. The average molecular weight is 330 g/mol. The van der Waals surface area contributed by atoms with Crippen molar-refractivity contribution < 1.29 is 18.8 Å². The first kappa shape index (κ1) is 17.7. The van der Waals surface area contributed by atoms with E-state index < -0.39 is 5.97 Å². The second-order valence-corrected chi connectivity index (χ2v) is 6.47. The number of benzene rings is 1. The number of carbonyl (C=O) groups is 2. The van der Waals surface area contributed by atoms with E-state index in [1.54, 1.807) is 26.0 Å². The second-order valence-electron chi connectivity index (χ2n) is 6.47. The van der Waals surface area contributed by atoms with E-state index in [1.807, 2.05) is 12.1 Å². The number of nitrogens with one attached hydrogen (secondary N) is 1. The second kappa shape index (κ2) is 6.86. The van der Waals surface area contributed by atoms with Crippen molar-refractivity contribution in [2.45, 2.75) is 40.0 Å². The molecule has 0 unspecified atom stereocenters. The van der Waals surface area contributed by atoms with Gasteiger partial charge in [0.2, 0.25) is 5.88 Å². The van der Waals surface area contributed by atoms with Crippen molar-refractivity contribution in [3.8, 4) is 0 Å². The number of anilines is 1. The number of carbonyl (C=O) groups excluding carboxylic acids is 2.